The van der Waals surface area contributed by atoms with E-state index < -0.39 is 5.41 Å². The van der Waals surface area contributed by atoms with Crippen LogP contribution in [0, 0.1) is 0 Å². The van der Waals surface area contributed by atoms with Crippen molar-refractivity contribution in [2.24, 2.45) is 0 Å². The molecule has 1 heterocycles. The summed E-state index contributed by atoms with van der Waals surface area (Å²) in [4.78, 5) is 26.1. The first-order chi connectivity index (χ1) is 10.1. The van der Waals surface area contributed by atoms with Crippen LogP contribution in [0.25, 0.3) is 0 Å². The second-order valence-electron chi connectivity index (χ2n) is 5.63. The van der Waals surface area contributed by atoms with Gasteiger partial charge in [0.15, 0.2) is 0 Å². The highest BCUT2D eigenvalue weighted by molar-refractivity contribution is 5.88. The summed E-state index contributed by atoms with van der Waals surface area (Å²) in [6.07, 6.45) is 1.81. The fraction of sp³-hybridized carbons (Fsp3) is 0.529. The van der Waals surface area contributed by atoms with E-state index in [1.807, 2.05) is 35.2 Å². The van der Waals surface area contributed by atoms with Crippen LogP contribution in [0.3, 0.4) is 0 Å². The second kappa shape index (κ2) is 6.85. The van der Waals surface area contributed by atoms with E-state index in [4.69, 9.17) is 4.74 Å². The number of nitrogens with zero attached hydrogens (tertiary/aromatic N) is 1. The fourth-order valence-corrected chi connectivity index (χ4v) is 3.09. The number of carbonyl (C=O) groups is 2. The van der Waals surface area contributed by atoms with Gasteiger partial charge < -0.3 is 9.64 Å². The molecule has 114 valence electrons. The molecule has 1 amide bonds. The SMILES string of the molecule is COCCC(=O)N1CCC(C(C)=O)(c2ccccc2)CC1. The van der Waals surface area contributed by atoms with Crippen LogP contribution < -0.4 is 0 Å². The van der Waals surface area contributed by atoms with Gasteiger partial charge in [0.25, 0.3) is 0 Å². The van der Waals surface area contributed by atoms with Crippen LogP contribution in [0.5, 0.6) is 0 Å². The molecule has 1 aliphatic heterocycles. The maximum absolute atomic E-state index is 12.2. The van der Waals surface area contributed by atoms with Gasteiger partial charge in [0, 0.05) is 20.2 Å². The summed E-state index contributed by atoms with van der Waals surface area (Å²) < 4.78 is 4.95. The Balaban J connectivity index is 2.09. The summed E-state index contributed by atoms with van der Waals surface area (Å²) in [6, 6.07) is 9.93. The highest BCUT2D eigenvalue weighted by Crippen LogP contribution is 2.36. The van der Waals surface area contributed by atoms with Crippen molar-refractivity contribution in [2.45, 2.75) is 31.6 Å². The topological polar surface area (TPSA) is 46.6 Å². The summed E-state index contributed by atoms with van der Waals surface area (Å²) in [6.45, 7) is 3.38. The molecule has 0 bridgehead atoms. The van der Waals surface area contributed by atoms with Crippen LogP contribution >= 0.6 is 0 Å². The number of ketones is 1. The number of likely N-dealkylation sites (tertiary alicyclic amines) is 1. The lowest BCUT2D eigenvalue weighted by Crippen LogP contribution is -2.48. The number of Topliss-reactive ketones (excluding diaryl/α,β-unsaturated/α-hetero) is 1. The second-order valence-corrected chi connectivity index (χ2v) is 5.63. The van der Waals surface area contributed by atoms with Crippen molar-refractivity contribution in [3.63, 3.8) is 0 Å². The van der Waals surface area contributed by atoms with Gasteiger partial charge in [-0.25, -0.2) is 0 Å². The molecule has 1 aromatic carbocycles. The molecule has 0 aromatic heterocycles. The summed E-state index contributed by atoms with van der Waals surface area (Å²) >= 11 is 0. The lowest BCUT2D eigenvalue weighted by Gasteiger charge is -2.40. The molecule has 1 saturated heterocycles. The number of ether oxygens (including phenoxy) is 1. The zero-order chi connectivity index (χ0) is 15.3. The molecule has 0 unspecified atom stereocenters. The van der Waals surface area contributed by atoms with E-state index >= 15 is 0 Å². The van der Waals surface area contributed by atoms with Gasteiger partial charge in [-0.1, -0.05) is 30.3 Å². The quantitative estimate of drug-likeness (QED) is 0.834. The Morgan fingerprint density at radius 2 is 1.81 bits per heavy atom. The van der Waals surface area contributed by atoms with Crippen LogP contribution in [0.4, 0.5) is 0 Å². The Kier molecular flexibility index (Phi) is 5.12. The van der Waals surface area contributed by atoms with Crippen molar-refractivity contribution in [3.8, 4) is 0 Å². The van der Waals surface area contributed by atoms with Crippen molar-refractivity contribution < 1.29 is 14.3 Å². The monoisotopic (exact) mass is 289 g/mol. The van der Waals surface area contributed by atoms with E-state index in [9.17, 15) is 9.59 Å². The third kappa shape index (κ3) is 3.32. The Bertz CT molecular complexity index is 490. The molecule has 21 heavy (non-hydrogen) atoms. The van der Waals surface area contributed by atoms with E-state index in [1.165, 1.54) is 0 Å². The van der Waals surface area contributed by atoms with E-state index in [-0.39, 0.29) is 11.7 Å². The molecule has 1 fully saturated rings. The van der Waals surface area contributed by atoms with E-state index in [2.05, 4.69) is 0 Å². The zero-order valence-corrected chi connectivity index (χ0v) is 12.8. The molecule has 0 aliphatic carbocycles. The molecule has 0 spiro atoms. The van der Waals surface area contributed by atoms with Crippen molar-refractivity contribution in [3.05, 3.63) is 35.9 Å². The molecular weight excluding hydrogens is 266 g/mol. The molecular formula is C17H23NO3. The Morgan fingerprint density at radius 1 is 1.19 bits per heavy atom. The minimum Gasteiger partial charge on any atom is -0.384 e. The van der Waals surface area contributed by atoms with Gasteiger partial charge in [-0.15, -0.1) is 0 Å². The minimum absolute atomic E-state index is 0.113. The number of rotatable bonds is 5. The molecule has 0 N–H and O–H groups in total. The van der Waals surface area contributed by atoms with E-state index in [0.717, 1.165) is 5.56 Å². The molecule has 1 aromatic rings. The van der Waals surface area contributed by atoms with Gasteiger partial charge >= 0.3 is 0 Å². The third-order valence-electron chi connectivity index (χ3n) is 4.49. The number of piperidine rings is 1. The Labute approximate surface area is 126 Å². The molecule has 4 nitrogen and oxygen atoms in total. The fourth-order valence-electron chi connectivity index (χ4n) is 3.09. The average Bonchev–Trinajstić information content (AvgIpc) is 2.53. The van der Waals surface area contributed by atoms with Crippen LogP contribution in [-0.4, -0.2) is 43.4 Å². The summed E-state index contributed by atoms with van der Waals surface area (Å²) in [5, 5.41) is 0. The number of hydrogen-bond acceptors (Lipinski definition) is 3. The first-order valence-corrected chi connectivity index (χ1v) is 7.43. The predicted octanol–water partition coefficient (Wildman–Crippen LogP) is 2.17. The van der Waals surface area contributed by atoms with E-state index in [1.54, 1.807) is 14.0 Å². The van der Waals surface area contributed by atoms with Crippen molar-refractivity contribution in [1.82, 2.24) is 4.90 Å². The highest BCUT2D eigenvalue weighted by atomic mass is 16.5. The predicted molar refractivity (Wildman–Crippen MR) is 81.1 cm³/mol. The van der Waals surface area contributed by atoms with Crippen molar-refractivity contribution >= 4 is 11.7 Å². The summed E-state index contributed by atoms with van der Waals surface area (Å²) in [5.74, 6) is 0.305. The third-order valence-corrected chi connectivity index (χ3v) is 4.49. The number of benzene rings is 1. The molecule has 1 aliphatic rings. The maximum Gasteiger partial charge on any atom is 0.224 e. The first-order valence-electron chi connectivity index (χ1n) is 7.43. The zero-order valence-electron chi connectivity index (χ0n) is 12.8. The van der Waals surface area contributed by atoms with Gasteiger partial charge in [-0.2, -0.15) is 0 Å². The molecule has 0 radical (unpaired) electrons. The average molecular weight is 289 g/mol. The van der Waals surface area contributed by atoms with Crippen LogP contribution in [0.2, 0.25) is 0 Å². The number of methoxy groups -OCH3 is 1. The highest BCUT2D eigenvalue weighted by Gasteiger charge is 2.41. The van der Waals surface area contributed by atoms with Gasteiger partial charge in [0.1, 0.15) is 5.78 Å². The Hall–Kier alpha value is -1.68. The number of amides is 1. The van der Waals surface area contributed by atoms with Crippen LogP contribution in [-0.2, 0) is 19.7 Å². The maximum atomic E-state index is 12.2. The molecule has 2 rings (SSSR count). The summed E-state index contributed by atoms with van der Waals surface area (Å²) in [7, 11) is 1.60. The summed E-state index contributed by atoms with van der Waals surface area (Å²) in [5.41, 5.74) is 0.640. The van der Waals surface area contributed by atoms with Crippen molar-refractivity contribution in [2.75, 3.05) is 26.8 Å². The van der Waals surface area contributed by atoms with Crippen molar-refractivity contribution in [1.29, 1.82) is 0 Å². The van der Waals surface area contributed by atoms with Gasteiger partial charge in [-0.05, 0) is 25.3 Å². The largest absolute Gasteiger partial charge is 0.384 e. The normalized spacial score (nSPS) is 17.5. The minimum atomic E-state index is -0.431. The van der Waals surface area contributed by atoms with E-state index in [0.29, 0.717) is 39.0 Å². The smallest absolute Gasteiger partial charge is 0.224 e. The van der Waals surface area contributed by atoms with Gasteiger partial charge in [0.05, 0.1) is 18.4 Å². The first kappa shape index (κ1) is 15.7. The van der Waals surface area contributed by atoms with Crippen LogP contribution in [0.15, 0.2) is 30.3 Å². The van der Waals surface area contributed by atoms with Gasteiger partial charge in [-0.3, -0.25) is 9.59 Å². The lowest BCUT2D eigenvalue weighted by atomic mass is 9.70. The standard InChI is InChI=1S/C17H23NO3/c1-14(19)17(15-6-4-3-5-7-15)9-11-18(12-10-17)16(20)8-13-21-2/h3-7H,8-13H2,1-2H3. The molecule has 0 saturated carbocycles. The number of carbonyl (C=O) groups excluding carboxylic acids is 2. The molecule has 4 heteroatoms. The van der Waals surface area contributed by atoms with Gasteiger partial charge in [0.2, 0.25) is 5.91 Å². The number of hydrogen-bond donors (Lipinski definition) is 0. The lowest BCUT2D eigenvalue weighted by molar-refractivity contribution is -0.136. The molecule has 0 atom stereocenters. The van der Waals surface area contributed by atoms with Crippen LogP contribution in [0.1, 0.15) is 31.7 Å². The Morgan fingerprint density at radius 3 is 2.33 bits per heavy atom.